The number of nitrogens with zero attached hydrogens (tertiary/aromatic N) is 4. The van der Waals surface area contributed by atoms with Crippen molar-refractivity contribution in [2.24, 2.45) is 9.98 Å². The van der Waals surface area contributed by atoms with Crippen molar-refractivity contribution in [1.29, 1.82) is 0 Å². The molecule has 2 N–H and O–H groups in total. The van der Waals surface area contributed by atoms with Gasteiger partial charge in [0.25, 0.3) is 5.91 Å². The molecule has 0 radical (unpaired) electrons. The van der Waals surface area contributed by atoms with E-state index < -0.39 is 0 Å². The van der Waals surface area contributed by atoms with Gasteiger partial charge >= 0.3 is 0 Å². The zero-order chi connectivity index (χ0) is 27.2. The lowest BCUT2D eigenvalue weighted by Gasteiger charge is -2.22. The van der Waals surface area contributed by atoms with Crippen LogP contribution in [-0.4, -0.2) is 60.5 Å². The molecule has 4 rings (SSSR count). The highest BCUT2D eigenvalue weighted by atomic mass is 19.1. The molecule has 38 heavy (non-hydrogen) atoms. The minimum atomic E-state index is -0.375. The summed E-state index contributed by atoms with van der Waals surface area (Å²) < 4.78 is 14.8. The largest absolute Gasteiger partial charge is 0.379 e. The van der Waals surface area contributed by atoms with Crippen molar-refractivity contribution in [3.63, 3.8) is 0 Å². The molecule has 2 atom stereocenters. The van der Waals surface area contributed by atoms with Gasteiger partial charge in [-0.1, -0.05) is 6.07 Å². The summed E-state index contributed by atoms with van der Waals surface area (Å²) in [7, 11) is 2.00. The Morgan fingerprint density at radius 3 is 2.68 bits per heavy atom. The van der Waals surface area contributed by atoms with Gasteiger partial charge in [-0.2, -0.15) is 0 Å². The second kappa shape index (κ2) is 12.3. The quantitative estimate of drug-likeness (QED) is 0.498. The number of amidine groups is 1. The average Bonchev–Trinajstić information content (AvgIpc) is 3.41. The third-order valence-corrected chi connectivity index (χ3v) is 7.23. The predicted octanol–water partition coefficient (Wildman–Crippen LogP) is 5.30. The van der Waals surface area contributed by atoms with E-state index >= 15 is 0 Å². The van der Waals surface area contributed by atoms with Gasteiger partial charge in [0.1, 0.15) is 11.7 Å². The molecule has 8 heteroatoms. The Bertz CT molecular complexity index is 1250. The Balaban J connectivity index is 1.41. The maximum Gasteiger partial charge on any atom is 0.255 e. The van der Waals surface area contributed by atoms with E-state index in [1.165, 1.54) is 24.5 Å². The van der Waals surface area contributed by atoms with Crippen molar-refractivity contribution in [2.75, 3.05) is 32.0 Å². The molecule has 1 amide bonds. The van der Waals surface area contributed by atoms with E-state index in [4.69, 9.17) is 0 Å². The van der Waals surface area contributed by atoms with Gasteiger partial charge in [-0.25, -0.2) is 4.39 Å². The summed E-state index contributed by atoms with van der Waals surface area (Å²) in [4.78, 5) is 26.7. The van der Waals surface area contributed by atoms with Gasteiger partial charge in [0.15, 0.2) is 0 Å². The smallest absolute Gasteiger partial charge is 0.255 e. The van der Waals surface area contributed by atoms with Crippen molar-refractivity contribution in [2.45, 2.75) is 59.2 Å². The molecule has 1 unspecified atom stereocenters. The Kier molecular flexibility index (Phi) is 8.94. The number of halogens is 1. The molecular weight excluding hydrogens is 479 g/mol. The molecule has 1 saturated heterocycles. The van der Waals surface area contributed by atoms with E-state index in [1.54, 1.807) is 18.3 Å². The second-order valence-corrected chi connectivity index (χ2v) is 10.3. The zero-order valence-electron chi connectivity index (χ0n) is 23.1. The number of hydrogen-bond acceptors (Lipinski definition) is 6. The fourth-order valence-corrected chi connectivity index (χ4v) is 4.74. The fraction of sp³-hybridized carbons (Fsp3) is 0.433. The Hall–Kier alpha value is -3.52. The summed E-state index contributed by atoms with van der Waals surface area (Å²) in [6, 6.07) is 9.99. The fourth-order valence-electron chi connectivity index (χ4n) is 4.74. The number of rotatable bonds is 8. The number of anilines is 1. The minimum absolute atomic E-state index is 0.107. The number of hydrogen-bond donors (Lipinski definition) is 2. The third kappa shape index (κ3) is 6.86. The van der Waals surface area contributed by atoms with Crippen LogP contribution in [0, 0.1) is 12.7 Å². The first kappa shape index (κ1) is 27.5. The van der Waals surface area contributed by atoms with Crippen molar-refractivity contribution in [3.05, 3.63) is 76.4 Å². The summed E-state index contributed by atoms with van der Waals surface area (Å²) in [5.41, 5.74) is 4.79. The lowest BCUT2D eigenvalue weighted by atomic mass is 10.0. The first-order valence-electron chi connectivity index (χ1n) is 13.5. The van der Waals surface area contributed by atoms with Gasteiger partial charge in [-0.05, 0) is 95.1 Å². The van der Waals surface area contributed by atoms with Crippen molar-refractivity contribution in [3.8, 4) is 0 Å². The first-order chi connectivity index (χ1) is 18.2. The molecule has 2 aromatic carbocycles. The number of likely N-dealkylation sites (tertiary alicyclic amines) is 1. The van der Waals surface area contributed by atoms with E-state index in [2.05, 4.69) is 37.3 Å². The second-order valence-electron chi connectivity index (χ2n) is 10.3. The SMILES string of the molecule is CCN(C)/C=C1/N=CC(N[C@@H](C)c2cc(NC(=O)c3ccc(CN4CCCC4)c(C)c3)ccc2F)=NC1C. The summed E-state index contributed by atoms with van der Waals surface area (Å²) >= 11 is 0. The molecule has 7 nitrogen and oxygen atoms in total. The molecule has 2 aliphatic heterocycles. The third-order valence-electron chi connectivity index (χ3n) is 7.23. The molecule has 202 valence electrons. The van der Waals surface area contributed by atoms with Gasteiger partial charge in [-0.3, -0.25) is 19.7 Å². The maximum absolute atomic E-state index is 14.8. The normalized spacial score (nSPS) is 19.4. The Morgan fingerprint density at radius 1 is 1.24 bits per heavy atom. The van der Waals surface area contributed by atoms with Crippen LogP contribution in [0.15, 0.2) is 58.3 Å². The van der Waals surface area contributed by atoms with Crippen LogP contribution in [-0.2, 0) is 6.54 Å². The van der Waals surface area contributed by atoms with Gasteiger partial charge in [0, 0.05) is 43.2 Å². The summed E-state index contributed by atoms with van der Waals surface area (Å²) in [5, 5.41) is 6.18. The molecular formula is C30H39FN6O. The minimum Gasteiger partial charge on any atom is -0.379 e. The van der Waals surface area contributed by atoms with E-state index in [-0.39, 0.29) is 23.8 Å². The van der Waals surface area contributed by atoms with Gasteiger partial charge in [-0.15, -0.1) is 0 Å². The van der Waals surface area contributed by atoms with Crippen LogP contribution in [0.4, 0.5) is 10.1 Å². The molecule has 0 aliphatic carbocycles. The average molecular weight is 519 g/mol. The zero-order valence-corrected chi connectivity index (χ0v) is 23.1. The molecule has 0 bridgehead atoms. The summed E-state index contributed by atoms with van der Waals surface area (Å²) in [6.07, 6.45) is 6.16. The van der Waals surface area contributed by atoms with Crippen LogP contribution in [0.25, 0.3) is 0 Å². The van der Waals surface area contributed by atoms with Gasteiger partial charge in [0.05, 0.1) is 24.0 Å². The highest BCUT2D eigenvalue weighted by Gasteiger charge is 2.19. The Labute approximate surface area is 225 Å². The number of nitrogens with one attached hydrogen (secondary N) is 2. The van der Waals surface area contributed by atoms with Crippen molar-refractivity contribution in [1.82, 2.24) is 15.1 Å². The van der Waals surface area contributed by atoms with Crippen molar-refractivity contribution < 1.29 is 9.18 Å². The number of aliphatic imine (C=N–C) groups is 2. The molecule has 2 heterocycles. The maximum atomic E-state index is 14.8. The summed E-state index contributed by atoms with van der Waals surface area (Å²) in [5.74, 6) is 0.0317. The number of aryl methyl sites for hydroxylation is 1. The van der Waals surface area contributed by atoms with Gasteiger partial charge in [0.2, 0.25) is 0 Å². The standard InChI is InChI=1S/C30H39FN6O/c1-6-36(5)19-28-22(4)34-29(17-32-28)33-21(3)26-16-25(11-12-27(26)31)35-30(38)23-9-10-24(20(2)15-23)18-37-13-7-8-14-37/h9-12,15-17,19,21-22H,6-8,13-14,18H2,1-5H3,(H,33,34)(H,35,38)/b28-19+/t21-,22?/m0/s1. The summed E-state index contributed by atoms with van der Waals surface area (Å²) in [6.45, 7) is 12.0. The predicted molar refractivity (Wildman–Crippen MR) is 153 cm³/mol. The van der Waals surface area contributed by atoms with E-state index in [9.17, 15) is 9.18 Å². The topological polar surface area (TPSA) is 72.3 Å². The van der Waals surface area contributed by atoms with Crippen LogP contribution in [0.1, 0.15) is 66.7 Å². The number of carbonyl (C=O) groups excluding carboxylic acids is 1. The molecule has 1 fully saturated rings. The van der Waals surface area contributed by atoms with Crippen LogP contribution < -0.4 is 10.6 Å². The molecule has 0 aromatic heterocycles. The van der Waals surface area contributed by atoms with Gasteiger partial charge < -0.3 is 15.5 Å². The monoisotopic (exact) mass is 518 g/mol. The van der Waals surface area contributed by atoms with E-state index in [0.29, 0.717) is 22.6 Å². The van der Waals surface area contributed by atoms with E-state index in [1.807, 2.05) is 52.2 Å². The number of carbonyl (C=O) groups is 1. The van der Waals surface area contributed by atoms with Crippen LogP contribution in [0.3, 0.4) is 0 Å². The van der Waals surface area contributed by atoms with Crippen LogP contribution in [0.5, 0.6) is 0 Å². The van der Waals surface area contributed by atoms with Crippen molar-refractivity contribution >= 4 is 23.6 Å². The van der Waals surface area contributed by atoms with Crippen LogP contribution in [0.2, 0.25) is 0 Å². The van der Waals surface area contributed by atoms with E-state index in [0.717, 1.165) is 37.4 Å². The molecule has 2 aromatic rings. The molecule has 2 aliphatic rings. The number of amides is 1. The lowest BCUT2D eigenvalue weighted by Crippen LogP contribution is -2.32. The first-order valence-corrected chi connectivity index (χ1v) is 13.5. The highest BCUT2D eigenvalue weighted by molar-refractivity contribution is 6.30. The Morgan fingerprint density at radius 2 is 2.00 bits per heavy atom. The number of benzene rings is 2. The highest BCUT2D eigenvalue weighted by Crippen LogP contribution is 2.23. The molecule has 0 spiro atoms. The van der Waals surface area contributed by atoms with Crippen LogP contribution >= 0.6 is 0 Å². The molecule has 0 saturated carbocycles. The lowest BCUT2D eigenvalue weighted by molar-refractivity contribution is 0.102.